The predicted molar refractivity (Wildman–Crippen MR) is 103 cm³/mol. The molecule has 0 aromatic heterocycles. The molecule has 2 rings (SSSR count). The molecule has 148 valence electrons. The summed E-state index contributed by atoms with van der Waals surface area (Å²) in [5.41, 5.74) is 0.893. The van der Waals surface area contributed by atoms with E-state index >= 15 is 0 Å². The molecule has 0 fully saturated rings. The first-order valence-corrected chi connectivity index (χ1v) is 8.69. The van der Waals surface area contributed by atoms with Crippen LogP contribution in [-0.2, 0) is 14.3 Å². The van der Waals surface area contributed by atoms with Crippen molar-refractivity contribution in [3.8, 4) is 5.75 Å². The molecule has 0 unspecified atom stereocenters. The van der Waals surface area contributed by atoms with Gasteiger partial charge in [0.2, 0.25) is 0 Å². The molecule has 0 spiro atoms. The third-order valence-corrected chi connectivity index (χ3v) is 3.92. The first-order valence-electron chi connectivity index (χ1n) is 7.94. The Morgan fingerprint density at radius 1 is 1.11 bits per heavy atom. The molecule has 0 heterocycles. The summed E-state index contributed by atoms with van der Waals surface area (Å²) in [7, 11) is 0. The summed E-state index contributed by atoms with van der Waals surface area (Å²) in [6.07, 6.45) is 1.45. The largest absolute Gasteiger partial charge is 0.449 e. The van der Waals surface area contributed by atoms with Crippen molar-refractivity contribution in [3.63, 3.8) is 0 Å². The Morgan fingerprint density at radius 2 is 1.79 bits per heavy atom. The van der Waals surface area contributed by atoms with E-state index in [4.69, 9.17) is 27.9 Å². The molecule has 0 saturated heterocycles. The number of esters is 1. The summed E-state index contributed by atoms with van der Waals surface area (Å²) in [4.78, 5) is 24.0. The molecular weight excluding hydrogens is 415 g/mol. The fourth-order valence-corrected chi connectivity index (χ4v) is 2.47. The third-order valence-electron chi connectivity index (χ3n) is 3.37. The molecule has 0 radical (unpaired) electrons. The minimum absolute atomic E-state index is 0.000815. The highest BCUT2D eigenvalue weighted by molar-refractivity contribution is 6.36. The van der Waals surface area contributed by atoms with Gasteiger partial charge in [0, 0.05) is 11.1 Å². The van der Waals surface area contributed by atoms with E-state index in [0.29, 0.717) is 16.3 Å². The minimum Gasteiger partial charge on any atom is -0.449 e. The number of ether oxygens (including phenoxy) is 2. The van der Waals surface area contributed by atoms with Gasteiger partial charge in [-0.2, -0.15) is 8.78 Å². The summed E-state index contributed by atoms with van der Waals surface area (Å²) in [6, 6.07) is 10.2. The Kier molecular flexibility index (Phi) is 7.78. The Hall–Kier alpha value is -2.64. The smallest absolute Gasteiger partial charge is 0.387 e. The summed E-state index contributed by atoms with van der Waals surface area (Å²) in [5.74, 6) is -1.32. The van der Waals surface area contributed by atoms with Crippen molar-refractivity contribution in [1.82, 2.24) is 0 Å². The summed E-state index contributed by atoms with van der Waals surface area (Å²) < 4.78 is 33.4. The first-order chi connectivity index (χ1) is 13.2. The van der Waals surface area contributed by atoms with Crippen LogP contribution in [0, 0.1) is 0 Å². The molecule has 0 aliphatic carbocycles. The van der Waals surface area contributed by atoms with Crippen LogP contribution >= 0.6 is 23.2 Å². The topological polar surface area (TPSA) is 64.6 Å². The molecule has 5 nitrogen and oxygen atoms in total. The number of rotatable bonds is 7. The normalized spacial score (nSPS) is 12.1. The Labute approximate surface area is 169 Å². The molecular formula is C19H15Cl2F2NO4. The van der Waals surface area contributed by atoms with Crippen molar-refractivity contribution in [3.05, 3.63) is 64.1 Å². The van der Waals surface area contributed by atoms with E-state index in [1.165, 1.54) is 49.4 Å². The number of benzene rings is 2. The highest BCUT2D eigenvalue weighted by atomic mass is 35.5. The van der Waals surface area contributed by atoms with E-state index in [9.17, 15) is 18.4 Å². The average Bonchev–Trinajstić information content (AvgIpc) is 2.63. The van der Waals surface area contributed by atoms with Gasteiger partial charge in [-0.05, 0) is 48.9 Å². The molecule has 0 aliphatic rings. The lowest BCUT2D eigenvalue weighted by Crippen LogP contribution is -2.29. The van der Waals surface area contributed by atoms with Gasteiger partial charge in [-0.15, -0.1) is 0 Å². The van der Waals surface area contributed by atoms with E-state index in [2.05, 4.69) is 10.1 Å². The maximum Gasteiger partial charge on any atom is 0.387 e. The Bertz CT molecular complexity index is 873. The average molecular weight is 430 g/mol. The number of anilines is 1. The van der Waals surface area contributed by atoms with Crippen LogP contribution in [0.25, 0.3) is 6.08 Å². The fraction of sp³-hybridized carbons (Fsp3) is 0.158. The standard InChI is InChI=1S/C19H15Cl2F2NO4/c1-11(18(26)24-16-8-5-13(20)10-15(16)21)27-17(25)9-4-12-2-6-14(7-3-12)28-19(22)23/h2-11,19H,1H3,(H,24,26)/b9-4+/t11-/m1/s1. The number of amides is 1. The predicted octanol–water partition coefficient (Wildman–Crippen LogP) is 5.18. The summed E-state index contributed by atoms with van der Waals surface area (Å²) in [5, 5.41) is 3.20. The van der Waals surface area contributed by atoms with E-state index in [0.717, 1.165) is 6.08 Å². The first kappa shape index (κ1) is 21.7. The SMILES string of the molecule is C[C@@H](OC(=O)/C=C/c1ccc(OC(F)F)cc1)C(=O)Nc1ccc(Cl)cc1Cl. The van der Waals surface area contributed by atoms with Crippen LogP contribution in [0.3, 0.4) is 0 Å². The van der Waals surface area contributed by atoms with Gasteiger partial charge >= 0.3 is 12.6 Å². The molecule has 1 N–H and O–H groups in total. The van der Waals surface area contributed by atoms with Gasteiger partial charge in [0.05, 0.1) is 10.7 Å². The van der Waals surface area contributed by atoms with Crippen LogP contribution in [0.4, 0.5) is 14.5 Å². The maximum atomic E-state index is 12.1. The highest BCUT2D eigenvalue weighted by Gasteiger charge is 2.17. The van der Waals surface area contributed by atoms with Crippen molar-refractivity contribution in [1.29, 1.82) is 0 Å². The molecule has 1 atom stereocenters. The van der Waals surface area contributed by atoms with Crippen molar-refractivity contribution in [2.45, 2.75) is 19.6 Å². The monoisotopic (exact) mass is 429 g/mol. The van der Waals surface area contributed by atoms with Gasteiger partial charge in [0.15, 0.2) is 6.10 Å². The van der Waals surface area contributed by atoms with E-state index in [1.807, 2.05) is 0 Å². The number of halogens is 4. The molecule has 0 bridgehead atoms. The Balaban J connectivity index is 1.88. The quantitative estimate of drug-likeness (QED) is 0.486. The third kappa shape index (κ3) is 6.83. The molecule has 0 aliphatic heterocycles. The second kappa shape index (κ2) is 10.1. The molecule has 9 heteroatoms. The van der Waals surface area contributed by atoms with Crippen LogP contribution in [-0.4, -0.2) is 24.6 Å². The van der Waals surface area contributed by atoms with E-state index in [-0.39, 0.29) is 10.8 Å². The lowest BCUT2D eigenvalue weighted by Gasteiger charge is -2.13. The van der Waals surface area contributed by atoms with Crippen LogP contribution in [0.5, 0.6) is 5.75 Å². The molecule has 1 amide bonds. The van der Waals surface area contributed by atoms with Gasteiger partial charge in [0.1, 0.15) is 5.75 Å². The molecule has 2 aromatic rings. The van der Waals surface area contributed by atoms with Crippen molar-refractivity contribution >= 4 is 46.8 Å². The molecule has 28 heavy (non-hydrogen) atoms. The van der Waals surface area contributed by atoms with E-state index in [1.54, 1.807) is 6.07 Å². The van der Waals surface area contributed by atoms with Gasteiger partial charge in [-0.3, -0.25) is 4.79 Å². The minimum atomic E-state index is -2.91. The van der Waals surface area contributed by atoms with Crippen molar-refractivity contribution in [2.75, 3.05) is 5.32 Å². The number of carbonyl (C=O) groups excluding carboxylic acids is 2. The van der Waals surface area contributed by atoms with Gasteiger partial charge < -0.3 is 14.8 Å². The zero-order valence-corrected chi connectivity index (χ0v) is 16.0. The highest BCUT2D eigenvalue weighted by Crippen LogP contribution is 2.25. The molecule has 0 saturated carbocycles. The summed E-state index contributed by atoms with van der Waals surface area (Å²) >= 11 is 11.8. The summed E-state index contributed by atoms with van der Waals surface area (Å²) in [6.45, 7) is -1.51. The van der Waals surface area contributed by atoms with Gasteiger partial charge in [0.25, 0.3) is 5.91 Å². The second-order valence-electron chi connectivity index (χ2n) is 5.47. The van der Waals surface area contributed by atoms with Crippen molar-refractivity contribution < 1.29 is 27.8 Å². The molecule has 2 aromatic carbocycles. The Morgan fingerprint density at radius 3 is 2.39 bits per heavy atom. The van der Waals surface area contributed by atoms with Crippen LogP contribution < -0.4 is 10.1 Å². The van der Waals surface area contributed by atoms with Crippen molar-refractivity contribution in [2.24, 2.45) is 0 Å². The van der Waals surface area contributed by atoms with E-state index < -0.39 is 24.6 Å². The fourth-order valence-electron chi connectivity index (χ4n) is 2.02. The number of alkyl halides is 2. The number of carbonyl (C=O) groups is 2. The zero-order valence-electron chi connectivity index (χ0n) is 14.5. The van der Waals surface area contributed by atoms with Gasteiger partial charge in [-0.25, -0.2) is 4.79 Å². The lowest BCUT2D eigenvalue weighted by atomic mass is 10.2. The lowest BCUT2D eigenvalue weighted by molar-refractivity contribution is -0.148. The van der Waals surface area contributed by atoms with Crippen LogP contribution in [0.15, 0.2) is 48.5 Å². The maximum absolute atomic E-state index is 12.1. The van der Waals surface area contributed by atoms with Crippen LogP contribution in [0.2, 0.25) is 10.0 Å². The number of hydrogen-bond donors (Lipinski definition) is 1. The second-order valence-corrected chi connectivity index (χ2v) is 6.32. The number of hydrogen-bond acceptors (Lipinski definition) is 4. The zero-order chi connectivity index (χ0) is 20.7. The van der Waals surface area contributed by atoms with Crippen LogP contribution in [0.1, 0.15) is 12.5 Å². The number of nitrogens with one attached hydrogen (secondary N) is 1. The van der Waals surface area contributed by atoms with Gasteiger partial charge in [-0.1, -0.05) is 35.3 Å².